The molecule has 1 fully saturated rings. The number of carbonyl (C=O) groups excluding carboxylic acids is 1. The lowest BCUT2D eigenvalue weighted by atomic mass is 9.93. The van der Waals surface area contributed by atoms with E-state index in [4.69, 9.17) is 15.2 Å². The van der Waals surface area contributed by atoms with Crippen molar-refractivity contribution in [3.63, 3.8) is 0 Å². The highest BCUT2D eigenvalue weighted by molar-refractivity contribution is 5.85. The van der Waals surface area contributed by atoms with Crippen molar-refractivity contribution in [2.45, 2.75) is 45.3 Å². The largest absolute Gasteiger partial charge is 0.379 e. The van der Waals surface area contributed by atoms with Crippen LogP contribution < -0.4 is 11.1 Å². The van der Waals surface area contributed by atoms with Crippen molar-refractivity contribution >= 4 is 5.91 Å². The molecule has 0 aromatic rings. The summed E-state index contributed by atoms with van der Waals surface area (Å²) >= 11 is 0. The number of nitrogens with two attached hydrogens (primary N) is 1. The van der Waals surface area contributed by atoms with Crippen molar-refractivity contribution in [1.29, 1.82) is 0 Å². The van der Waals surface area contributed by atoms with Crippen molar-refractivity contribution in [2.75, 3.05) is 26.4 Å². The van der Waals surface area contributed by atoms with E-state index >= 15 is 0 Å². The van der Waals surface area contributed by atoms with Gasteiger partial charge in [-0.15, -0.1) is 0 Å². The Morgan fingerprint density at radius 1 is 1.50 bits per heavy atom. The van der Waals surface area contributed by atoms with E-state index in [0.717, 1.165) is 12.8 Å². The molecule has 1 rings (SSSR count). The Labute approximate surface area is 109 Å². The maximum atomic E-state index is 11.8. The second-order valence-electron chi connectivity index (χ2n) is 4.92. The van der Waals surface area contributed by atoms with Crippen LogP contribution >= 0.6 is 0 Å². The highest BCUT2D eigenvalue weighted by Gasteiger charge is 2.49. The molecule has 5 heteroatoms. The number of nitrogens with one attached hydrogen (secondary N) is 1. The summed E-state index contributed by atoms with van der Waals surface area (Å²) in [7, 11) is 0. The van der Waals surface area contributed by atoms with Gasteiger partial charge in [0.1, 0.15) is 5.54 Å². The standard InChI is InChI=1S/C13H26N2O3/c1-4-15-13(12(14)16,11-6-7-11)9-18-10(3)8-17-5-2/h10-11,15H,4-9H2,1-3H3,(H2,14,16). The maximum Gasteiger partial charge on any atom is 0.240 e. The van der Waals surface area contributed by atoms with Gasteiger partial charge in [-0.3, -0.25) is 4.79 Å². The van der Waals surface area contributed by atoms with E-state index < -0.39 is 5.54 Å². The Bertz CT molecular complexity index is 269. The number of likely N-dealkylation sites (N-methyl/N-ethyl adjacent to an activating group) is 1. The first kappa shape index (κ1) is 15.4. The molecule has 0 radical (unpaired) electrons. The lowest BCUT2D eigenvalue weighted by Crippen LogP contribution is -2.60. The molecule has 1 amide bonds. The van der Waals surface area contributed by atoms with E-state index in [1.807, 2.05) is 20.8 Å². The van der Waals surface area contributed by atoms with Crippen LogP contribution in [0.25, 0.3) is 0 Å². The Hall–Kier alpha value is -0.650. The van der Waals surface area contributed by atoms with Gasteiger partial charge in [-0.05, 0) is 39.2 Å². The minimum atomic E-state index is -0.699. The third kappa shape index (κ3) is 3.93. The summed E-state index contributed by atoms with van der Waals surface area (Å²) in [5.74, 6) is 0.00436. The van der Waals surface area contributed by atoms with Crippen LogP contribution in [0.4, 0.5) is 0 Å². The molecule has 0 aromatic carbocycles. The second kappa shape index (κ2) is 7.07. The van der Waals surface area contributed by atoms with Gasteiger partial charge in [0, 0.05) is 6.61 Å². The highest BCUT2D eigenvalue weighted by atomic mass is 16.5. The molecule has 18 heavy (non-hydrogen) atoms. The molecule has 1 aliphatic carbocycles. The van der Waals surface area contributed by atoms with Gasteiger partial charge in [-0.25, -0.2) is 0 Å². The zero-order chi connectivity index (χ0) is 13.6. The first-order valence-corrected chi connectivity index (χ1v) is 6.81. The van der Waals surface area contributed by atoms with Gasteiger partial charge < -0.3 is 20.5 Å². The summed E-state index contributed by atoms with van der Waals surface area (Å²) in [6.45, 7) is 8.12. The number of carbonyl (C=O) groups is 1. The van der Waals surface area contributed by atoms with E-state index in [2.05, 4.69) is 5.32 Å². The number of hydrogen-bond donors (Lipinski definition) is 2. The van der Waals surface area contributed by atoms with Gasteiger partial charge in [0.15, 0.2) is 0 Å². The van der Waals surface area contributed by atoms with E-state index in [-0.39, 0.29) is 12.0 Å². The summed E-state index contributed by atoms with van der Waals surface area (Å²) in [5, 5.41) is 3.23. The molecule has 1 aliphatic rings. The van der Waals surface area contributed by atoms with E-state index in [1.54, 1.807) is 0 Å². The Morgan fingerprint density at radius 2 is 2.17 bits per heavy atom. The molecule has 106 valence electrons. The fraction of sp³-hybridized carbons (Fsp3) is 0.923. The van der Waals surface area contributed by atoms with E-state index in [0.29, 0.717) is 32.3 Å². The van der Waals surface area contributed by atoms with Crippen molar-refractivity contribution in [2.24, 2.45) is 11.7 Å². The van der Waals surface area contributed by atoms with Crippen molar-refractivity contribution < 1.29 is 14.3 Å². The van der Waals surface area contributed by atoms with Gasteiger partial charge in [0.05, 0.1) is 19.3 Å². The average Bonchev–Trinajstić information content (AvgIpc) is 3.15. The SMILES string of the molecule is CCNC(COC(C)COCC)(C(N)=O)C1CC1. The normalized spacial score (nSPS) is 20.4. The van der Waals surface area contributed by atoms with Gasteiger partial charge in [0.25, 0.3) is 0 Å². The van der Waals surface area contributed by atoms with Crippen LogP contribution in [0.15, 0.2) is 0 Å². The van der Waals surface area contributed by atoms with Crippen LogP contribution in [0.5, 0.6) is 0 Å². The molecule has 0 aromatic heterocycles. The lowest BCUT2D eigenvalue weighted by molar-refractivity contribution is -0.130. The topological polar surface area (TPSA) is 73.6 Å². The first-order chi connectivity index (χ1) is 8.56. The Balaban J connectivity index is 2.53. The second-order valence-corrected chi connectivity index (χ2v) is 4.92. The quantitative estimate of drug-likeness (QED) is 0.604. The third-order valence-electron chi connectivity index (χ3n) is 3.36. The third-order valence-corrected chi connectivity index (χ3v) is 3.36. The molecule has 3 N–H and O–H groups in total. The number of ether oxygens (including phenoxy) is 2. The fourth-order valence-corrected chi connectivity index (χ4v) is 2.17. The molecule has 1 saturated carbocycles. The van der Waals surface area contributed by atoms with Crippen LogP contribution in [0.1, 0.15) is 33.6 Å². The summed E-state index contributed by atoms with van der Waals surface area (Å²) in [6, 6.07) is 0. The fourth-order valence-electron chi connectivity index (χ4n) is 2.17. The zero-order valence-electron chi connectivity index (χ0n) is 11.7. The maximum absolute atomic E-state index is 11.8. The lowest BCUT2D eigenvalue weighted by Gasteiger charge is -2.32. The molecule has 0 heterocycles. The van der Waals surface area contributed by atoms with Crippen molar-refractivity contribution in [1.82, 2.24) is 5.32 Å². The Kier molecular flexibility index (Phi) is 6.05. The van der Waals surface area contributed by atoms with Crippen LogP contribution in [0.2, 0.25) is 0 Å². The molecule has 0 aliphatic heterocycles. The smallest absolute Gasteiger partial charge is 0.240 e. The van der Waals surface area contributed by atoms with E-state index in [9.17, 15) is 4.79 Å². The molecule has 2 atom stereocenters. The molecule has 0 saturated heterocycles. The first-order valence-electron chi connectivity index (χ1n) is 6.81. The molecule has 5 nitrogen and oxygen atoms in total. The molecular formula is C13H26N2O3. The molecular weight excluding hydrogens is 232 g/mol. The van der Waals surface area contributed by atoms with Gasteiger partial charge in [-0.2, -0.15) is 0 Å². The minimum Gasteiger partial charge on any atom is -0.379 e. The van der Waals surface area contributed by atoms with Crippen LogP contribution in [0.3, 0.4) is 0 Å². The van der Waals surface area contributed by atoms with Crippen molar-refractivity contribution in [3.05, 3.63) is 0 Å². The van der Waals surface area contributed by atoms with E-state index in [1.165, 1.54) is 0 Å². The highest BCUT2D eigenvalue weighted by Crippen LogP contribution is 2.40. The predicted molar refractivity (Wildman–Crippen MR) is 70.2 cm³/mol. The minimum absolute atomic E-state index is 0.0268. The predicted octanol–water partition coefficient (Wildman–Crippen LogP) is 0.672. The molecule has 0 spiro atoms. The molecule has 0 bridgehead atoms. The monoisotopic (exact) mass is 258 g/mol. The van der Waals surface area contributed by atoms with Gasteiger partial charge >= 0.3 is 0 Å². The van der Waals surface area contributed by atoms with Gasteiger partial charge in [0.2, 0.25) is 5.91 Å². The van der Waals surface area contributed by atoms with Crippen molar-refractivity contribution in [3.8, 4) is 0 Å². The number of rotatable bonds is 10. The number of hydrogen-bond acceptors (Lipinski definition) is 4. The van der Waals surface area contributed by atoms with Crippen LogP contribution in [-0.4, -0.2) is 43.9 Å². The summed E-state index contributed by atoms with van der Waals surface area (Å²) in [5.41, 5.74) is 4.87. The van der Waals surface area contributed by atoms with Crippen LogP contribution in [-0.2, 0) is 14.3 Å². The number of amides is 1. The summed E-state index contributed by atoms with van der Waals surface area (Å²) < 4.78 is 11.0. The van der Waals surface area contributed by atoms with Gasteiger partial charge in [-0.1, -0.05) is 6.92 Å². The Morgan fingerprint density at radius 3 is 2.61 bits per heavy atom. The molecule has 2 unspecified atom stereocenters. The summed E-state index contributed by atoms with van der Waals surface area (Å²) in [4.78, 5) is 11.8. The van der Waals surface area contributed by atoms with Crippen LogP contribution in [0, 0.1) is 5.92 Å². The summed E-state index contributed by atoms with van der Waals surface area (Å²) in [6.07, 6.45) is 2.05. The zero-order valence-corrected chi connectivity index (χ0v) is 11.7. The number of primary amides is 1. The average molecular weight is 258 g/mol.